The van der Waals surface area contributed by atoms with Gasteiger partial charge in [0, 0.05) is 37.8 Å². The fraction of sp³-hybridized carbons (Fsp3) is 0.391. The lowest BCUT2D eigenvalue weighted by Gasteiger charge is -2.34. The third kappa shape index (κ3) is 5.20. The third-order valence-electron chi connectivity index (χ3n) is 5.90. The Kier molecular flexibility index (Phi) is 6.89. The summed E-state index contributed by atoms with van der Waals surface area (Å²) in [6.45, 7) is 5.03. The van der Waals surface area contributed by atoms with E-state index in [2.05, 4.69) is 5.32 Å². The summed E-state index contributed by atoms with van der Waals surface area (Å²) in [6, 6.07) is 12.4. The number of para-hydroxylation sites is 2. The number of nitrogens with one attached hydrogen (secondary N) is 1. The highest BCUT2D eigenvalue weighted by Crippen LogP contribution is 2.31. The Morgan fingerprint density at radius 1 is 1.13 bits per heavy atom. The zero-order chi connectivity index (χ0) is 22.5. The van der Waals surface area contributed by atoms with Crippen LogP contribution in [0.4, 0.5) is 17.1 Å². The van der Waals surface area contributed by atoms with E-state index < -0.39 is 0 Å². The van der Waals surface area contributed by atoms with Crippen molar-refractivity contribution in [2.24, 2.45) is 5.92 Å². The van der Waals surface area contributed by atoms with E-state index in [1.807, 2.05) is 36.9 Å². The number of anilines is 2. The molecule has 1 heterocycles. The van der Waals surface area contributed by atoms with Gasteiger partial charge < -0.3 is 15.1 Å². The van der Waals surface area contributed by atoms with Crippen LogP contribution >= 0.6 is 0 Å². The largest absolute Gasteiger partial charge is 0.366 e. The van der Waals surface area contributed by atoms with Gasteiger partial charge in [0.2, 0.25) is 11.8 Å². The maximum atomic E-state index is 12.8. The van der Waals surface area contributed by atoms with Gasteiger partial charge in [-0.1, -0.05) is 24.3 Å². The van der Waals surface area contributed by atoms with Crippen LogP contribution in [0.2, 0.25) is 0 Å². The minimum atomic E-state index is -0.380. The van der Waals surface area contributed by atoms with Crippen molar-refractivity contribution in [2.75, 3.05) is 36.9 Å². The molecule has 1 saturated heterocycles. The van der Waals surface area contributed by atoms with Crippen LogP contribution in [0.3, 0.4) is 0 Å². The Morgan fingerprint density at radius 3 is 2.48 bits per heavy atom. The first kappa shape index (κ1) is 22.3. The number of hydrogen-bond acceptors (Lipinski definition) is 5. The van der Waals surface area contributed by atoms with Crippen LogP contribution in [0.25, 0.3) is 0 Å². The molecule has 1 aliphatic heterocycles. The van der Waals surface area contributed by atoms with E-state index in [9.17, 15) is 19.7 Å². The minimum Gasteiger partial charge on any atom is -0.366 e. The number of nitro benzene ring substituents is 1. The number of rotatable bonds is 6. The average molecular weight is 425 g/mol. The van der Waals surface area contributed by atoms with Gasteiger partial charge >= 0.3 is 0 Å². The van der Waals surface area contributed by atoms with Crippen molar-refractivity contribution in [1.82, 2.24) is 4.90 Å². The molecule has 31 heavy (non-hydrogen) atoms. The first-order chi connectivity index (χ1) is 14.8. The molecule has 3 rings (SSSR count). The molecule has 8 nitrogen and oxygen atoms in total. The molecule has 0 bridgehead atoms. The van der Waals surface area contributed by atoms with Gasteiger partial charge in [-0.2, -0.15) is 0 Å². The fourth-order valence-corrected chi connectivity index (χ4v) is 3.93. The second-order valence-corrected chi connectivity index (χ2v) is 8.00. The van der Waals surface area contributed by atoms with E-state index >= 15 is 0 Å². The predicted octanol–water partition coefficient (Wildman–Crippen LogP) is 3.53. The molecule has 1 fully saturated rings. The number of piperidine rings is 1. The number of benzene rings is 2. The van der Waals surface area contributed by atoms with Crippen molar-refractivity contribution in [3.63, 3.8) is 0 Å². The van der Waals surface area contributed by atoms with Gasteiger partial charge in [-0.3, -0.25) is 19.7 Å². The number of nitro groups is 1. The number of aryl methyl sites for hydroxylation is 1. The molecule has 1 N–H and O–H groups in total. The van der Waals surface area contributed by atoms with Crippen molar-refractivity contribution in [2.45, 2.75) is 26.7 Å². The maximum absolute atomic E-state index is 12.8. The number of amides is 2. The molecular weight excluding hydrogens is 396 g/mol. The molecule has 164 valence electrons. The van der Waals surface area contributed by atoms with Crippen LogP contribution in [0, 0.1) is 29.9 Å². The summed E-state index contributed by atoms with van der Waals surface area (Å²) in [4.78, 5) is 39.6. The maximum Gasteiger partial charge on any atom is 0.292 e. The number of nitrogens with zero attached hydrogens (tertiary/aromatic N) is 3. The highest BCUT2D eigenvalue weighted by molar-refractivity contribution is 5.95. The molecule has 0 unspecified atom stereocenters. The van der Waals surface area contributed by atoms with Crippen molar-refractivity contribution in [3.05, 3.63) is 63.7 Å². The van der Waals surface area contributed by atoms with Gasteiger partial charge in [-0.05, 0) is 49.9 Å². The Hall–Kier alpha value is -3.42. The van der Waals surface area contributed by atoms with Crippen molar-refractivity contribution in [3.8, 4) is 0 Å². The number of carbonyl (C=O) groups is 2. The van der Waals surface area contributed by atoms with Gasteiger partial charge in [0.15, 0.2) is 0 Å². The van der Waals surface area contributed by atoms with E-state index in [0.717, 1.165) is 16.8 Å². The highest BCUT2D eigenvalue weighted by atomic mass is 16.6. The summed E-state index contributed by atoms with van der Waals surface area (Å²) in [5, 5.41) is 14.2. The summed E-state index contributed by atoms with van der Waals surface area (Å²) in [6.07, 6.45) is 1.18. The van der Waals surface area contributed by atoms with E-state index in [-0.39, 0.29) is 34.9 Å². The van der Waals surface area contributed by atoms with E-state index in [1.165, 1.54) is 11.0 Å². The zero-order valence-electron chi connectivity index (χ0n) is 18.1. The number of likely N-dealkylation sites (N-methyl/N-ethyl adjacent to an activating group) is 1. The smallest absolute Gasteiger partial charge is 0.292 e. The Labute approximate surface area is 182 Å². The zero-order valence-corrected chi connectivity index (χ0v) is 18.1. The van der Waals surface area contributed by atoms with Crippen LogP contribution in [0.15, 0.2) is 42.5 Å². The van der Waals surface area contributed by atoms with Gasteiger partial charge in [0.1, 0.15) is 5.69 Å². The van der Waals surface area contributed by atoms with Crippen LogP contribution < -0.4 is 10.2 Å². The molecule has 0 saturated carbocycles. The second kappa shape index (κ2) is 9.59. The number of hydrogen-bond donors (Lipinski definition) is 1. The Balaban J connectivity index is 1.55. The predicted molar refractivity (Wildman–Crippen MR) is 120 cm³/mol. The SMILES string of the molecule is Cc1cccc(NC(=O)CN(C)C(=O)C2CCN(c3ccccc3[N+](=O)[O-])CC2)c1C. The van der Waals surface area contributed by atoms with E-state index in [0.29, 0.717) is 31.6 Å². The second-order valence-electron chi connectivity index (χ2n) is 8.00. The normalized spacial score (nSPS) is 14.2. The van der Waals surface area contributed by atoms with Crippen LogP contribution in [-0.4, -0.2) is 48.3 Å². The van der Waals surface area contributed by atoms with Gasteiger partial charge in [-0.15, -0.1) is 0 Å². The van der Waals surface area contributed by atoms with Crippen LogP contribution in [0.1, 0.15) is 24.0 Å². The molecule has 0 atom stereocenters. The third-order valence-corrected chi connectivity index (χ3v) is 5.90. The summed E-state index contributed by atoms with van der Waals surface area (Å²) >= 11 is 0. The summed E-state index contributed by atoms with van der Waals surface area (Å²) < 4.78 is 0. The molecule has 8 heteroatoms. The van der Waals surface area contributed by atoms with Crippen LogP contribution in [0.5, 0.6) is 0 Å². The molecule has 0 spiro atoms. The van der Waals surface area contributed by atoms with Crippen molar-refractivity contribution >= 4 is 28.9 Å². The van der Waals surface area contributed by atoms with E-state index in [4.69, 9.17) is 0 Å². The lowest BCUT2D eigenvalue weighted by molar-refractivity contribution is -0.384. The molecule has 1 aliphatic rings. The number of carbonyl (C=O) groups excluding carboxylic acids is 2. The molecule has 0 radical (unpaired) electrons. The highest BCUT2D eigenvalue weighted by Gasteiger charge is 2.30. The fourth-order valence-electron chi connectivity index (χ4n) is 3.93. The summed E-state index contributed by atoms with van der Waals surface area (Å²) in [7, 11) is 1.64. The molecule has 0 aliphatic carbocycles. The van der Waals surface area contributed by atoms with Crippen LogP contribution in [-0.2, 0) is 9.59 Å². The molecule has 2 amide bonds. The summed E-state index contributed by atoms with van der Waals surface area (Å²) in [5.41, 5.74) is 3.51. The first-order valence-electron chi connectivity index (χ1n) is 10.4. The Morgan fingerprint density at radius 2 is 1.81 bits per heavy atom. The van der Waals surface area contributed by atoms with Crippen molar-refractivity contribution < 1.29 is 14.5 Å². The van der Waals surface area contributed by atoms with Gasteiger partial charge in [-0.25, -0.2) is 0 Å². The van der Waals surface area contributed by atoms with Gasteiger partial charge in [0.25, 0.3) is 5.69 Å². The minimum absolute atomic E-state index is 0.0173. The summed E-state index contributed by atoms with van der Waals surface area (Å²) in [5.74, 6) is -0.502. The standard InChI is InChI=1S/C23H28N4O4/c1-16-7-6-8-19(17(16)2)24-22(28)15-25(3)23(29)18-11-13-26(14-12-18)20-9-4-5-10-21(20)27(30)31/h4-10,18H,11-15H2,1-3H3,(H,24,28). The molecule has 0 aromatic heterocycles. The molecule has 2 aromatic rings. The van der Waals surface area contributed by atoms with Crippen molar-refractivity contribution in [1.29, 1.82) is 0 Å². The van der Waals surface area contributed by atoms with Gasteiger partial charge in [0.05, 0.1) is 11.5 Å². The lowest BCUT2D eigenvalue weighted by Crippen LogP contribution is -2.43. The average Bonchev–Trinajstić information content (AvgIpc) is 2.76. The molecule has 2 aromatic carbocycles. The topological polar surface area (TPSA) is 95.8 Å². The lowest BCUT2D eigenvalue weighted by atomic mass is 9.95. The molecular formula is C23H28N4O4. The quantitative estimate of drug-likeness (QED) is 0.565. The van der Waals surface area contributed by atoms with E-state index in [1.54, 1.807) is 25.2 Å². The monoisotopic (exact) mass is 424 g/mol. The Bertz CT molecular complexity index is 983. The first-order valence-corrected chi connectivity index (χ1v) is 10.4.